The van der Waals surface area contributed by atoms with Crippen molar-refractivity contribution < 1.29 is 13.2 Å². The lowest BCUT2D eigenvalue weighted by atomic mass is 10.1. The van der Waals surface area contributed by atoms with Crippen molar-refractivity contribution in [3.05, 3.63) is 28.2 Å². The Labute approximate surface area is 131 Å². The second kappa shape index (κ2) is 7.01. The molecule has 118 valence electrons. The minimum Gasteiger partial charge on any atom is -0.383 e. The second-order valence-electron chi connectivity index (χ2n) is 5.52. The van der Waals surface area contributed by atoms with Crippen molar-refractivity contribution in [2.45, 2.75) is 38.4 Å². The molecule has 2 rings (SSSR count). The van der Waals surface area contributed by atoms with Crippen LogP contribution in [0.3, 0.4) is 0 Å². The summed E-state index contributed by atoms with van der Waals surface area (Å²) in [5.41, 5.74) is 0.0656. The molecule has 1 saturated heterocycles. The topological polar surface area (TPSA) is 15.3 Å². The minimum atomic E-state index is -4.30. The van der Waals surface area contributed by atoms with E-state index in [9.17, 15) is 13.2 Å². The Morgan fingerprint density at radius 1 is 1.24 bits per heavy atom. The third-order valence-corrected chi connectivity index (χ3v) is 4.55. The van der Waals surface area contributed by atoms with E-state index in [2.05, 4.69) is 33.1 Å². The Kier molecular flexibility index (Phi) is 5.54. The van der Waals surface area contributed by atoms with Gasteiger partial charge in [0.15, 0.2) is 0 Å². The maximum atomic E-state index is 12.6. The van der Waals surface area contributed by atoms with Gasteiger partial charge in [-0.15, -0.1) is 0 Å². The van der Waals surface area contributed by atoms with Crippen LogP contribution in [0.1, 0.15) is 31.7 Å². The number of nitrogens with zero attached hydrogens (tertiary/aromatic N) is 1. The molecule has 1 fully saturated rings. The van der Waals surface area contributed by atoms with Gasteiger partial charge in [0.2, 0.25) is 0 Å². The Hall–Kier alpha value is -0.750. The van der Waals surface area contributed by atoms with Gasteiger partial charge in [-0.25, -0.2) is 0 Å². The Morgan fingerprint density at radius 3 is 2.48 bits per heavy atom. The van der Waals surface area contributed by atoms with Crippen LogP contribution in [0.5, 0.6) is 0 Å². The molecule has 1 aliphatic heterocycles. The summed E-state index contributed by atoms with van der Waals surface area (Å²) in [5.74, 6) is 0. The molecule has 2 nitrogen and oxygen atoms in total. The van der Waals surface area contributed by atoms with Gasteiger partial charge in [-0.1, -0.05) is 6.42 Å². The zero-order valence-electron chi connectivity index (χ0n) is 12.0. The number of hydrogen-bond acceptors (Lipinski definition) is 2. The molecule has 0 bridgehead atoms. The lowest BCUT2D eigenvalue weighted by molar-refractivity contribution is -0.137. The van der Waals surface area contributed by atoms with Gasteiger partial charge in [0, 0.05) is 22.7 Å². The van der Waals surface area contributed by atoms with E-state index < -0.39 is 11.7 Å². The Bertz CT molecular complexity index is 470. The van der Waals surface area contributed by atoms with Crippen LogP contribution >= 0.6 is 15.9 Å². The SMILES string of the molecule is CC(CNc1ccc(C(F)(F)F)cc1Br)N1CCCCC1. The number of likely N-dealkylation sites (tertiary alicyclic amines) is 1. The first-order chi connectivity index (χ1) is 9.88. The standard InChI is InChI=1S/C15H20BrF3N2/c1-11(21-7-3-2-4-8-21)10-20-14-6-5-12(9-13(14)16)15(17,18)19/h5-6,9,11,20H,2-4,7-8,10H2,1H3. The van der Waals surface area contributed by atoms with Crippen LogP contribution in [0, 0.1) is 0 Å². The Balaban J connectivity index is 1.93. The molecule has 1 atom stereocenters. The zero-order valence-corrected chi connectivity index (χ0v) is 13.6. The predicted molar refractivity (Wildman–Crippen MR) is 82.5 cm³/mol. The molecule has 21 heavy (non-hydrogen) atoms. The number of nitrogens with one attached hydrogen (secondary N) is 1. The molecule has 1 N–H and O–H groups in total. The highest BCUT2D eigenvalue weighted by atomic mass is 79.9. The number of halogens is 4. The van der Waals surface area contributed by atoms with Crippen molar-refractivity contribution in [2.75, 3.05) is 25.0 Å². The summed E-state index contributed by atoms with van der Waals surface area (Å²) in [5, 5.41) is 3.23. The number of rotatable bonds is 4. The van der Waals surface area contributed by atoms with Crippen molar-refractivity contribution in [1.29, 1.82) is 0 Å². The van der Waals surface area contributed by atoms with Crippen LogP contribution < -0.4 is 5.32 Å². The number of benzene rings is 1. The van der Waals surface area contributed by atoms with Crippen molar-refractivity contribution >= 4 is 21.6 Å². The summed E-state index contributed by atoms with van der Waals surface area (Å²) in [4.78, 5) is 2.43. The van der Waals surface area contributed by atoms with Gasteiger partial charge in [0.25, 0.3) is 0 Å². The summed E-state index contributed by atoms with van der Waals surface area (Å²) in [6.45, 7) is 5.09. The van der Waals surface area contributed by atoms with E-state index in [1.807, 2.05) is 0 Å². The largest absolute Gasteiger partial charge is 0.416 e. The fraction of sp³-hybridized carbons (Fsp3) is 0.600. The molecular formula is C15H20BrF3N2. The van der Waals surface area contributed by atoms with Crippen molar-refractivity contribution in [3.8, 4) is 0 Å². The monoisotopic (exact) mass is 364 g/mol. The maximum absolute atomic E-state index is 12.6. The fourth-order valence-corrected chi connectivity index (χ4v) is 3.10. The summed E-state index contributed by atoms with van der Waals surface area (Å²) in [6.07, 6.45) is -0.550. The highest BCUT2D eigenvalue weighted by Gasteiger charge is 2.30. The number of piperidine rings is 1. The normalized spacial score (nSPS) is 18.5. The van der Waals surface area contributed by atoms with Crippen LogP contribution in [0.25, 0.3) is 0 Å². The molecule has 1 aliphatic rings. The van der Waals surface area contributed by atoms with E-state index in [-0.39, 0.29) is 0 Å². The van der Waals surface area contributed by atoms with Crippen molar-refractivity contribution in [3.63, 3.8) is 0 Å². The van der Waals surface area contributed by atoms with Crippen molar-refractivity contribution in [1.82, 2.24) is 4.90 Å². The van der Waals surface area contributed by atoms with E-state index in [1.165, 1.54) is 25.3 Å². The highest BCUT2D eigenvalue weighted by molar-refractivity contribution is 9.10. The van der Waals surface area contributed by atoms with Crippen LogP contribution in [-0.2, 0) is 6.18 Å². The molecule has 0 radical (unpaired) electrons. The van der Waals surface area contributed by atoms with Gasteiger partial charge in [-0.3, -0.25) is 4.90 Å². The molecule has 0 saturated carbocycles. The smallest absolute Gasteiger partial charge is 0.383 e. The first kappa shape index (κ1) is 16.6. The molecule has 1 unspecified atom stereocenters. The molecule has 1 heterocycles. The van der Waals surface area contributed by atoms with E-state index in [0.717, 1.165) is 31.8 Å². The summed E-state index contributed by atoms with van der Waals surface area (Å²) < 4.78 is 38.3. The van der Waals surface area contributed by atoms with E-state index in [4.69, 9.17) is 0 Å². The van der Waals surface area contributed by atoms with Gasteiger partial charge in [-0.05, 0) is 67.0 Å². The van der Waals surface area contributed by atoms with E-state index in [0.29, 0.717) is 16.2 Å². The van der Waals surface area contributed by atoms with Gasteiger partial charge in [-0.2, -0.15) is 13.2 Å². The van der Waals surface area contributed by atoms with Gasteiger partial charge in [0.05, 0.1) is 5.56 Å². The van der Waals surface area contributed by atoms with Crippen LogP contribution in [0.15, 0.2) is 22.7 Å². The van der Waals surface area contributed by atoms with Crippen LogP contribution in [0.4, 0.5) is 18.9 Å². The second-order valence-corrected chi connectivity index (χ2v) is 6.37. The molecule has 0 aromatic heterocycles. The molecular weight excluding hydrogens is 345 g/mol. The molecule has 0 amide bonds. The Morgan fingerprint density at radius 2 is 1.90 bits per heavy atom. The first-order valence-electron chi connectivity index (χ1n) is 7.22. The lowest BCUT2D eigenvalue weighted by Crippen LogP contribution is -2.41. The van der Waals surface area contributed by atoms with E-state index in [1.54, 1.807) is 0 Å². The van der Waals surface area contributed by atoms with Gasteiger partial charge in [0.1, 0.15) is 0 Å². The summed E-state index contributed by atoms with van der Waals surface area (Å²) in [6, 6.07) is 4.09. The predicted octanol–water partition coefficient (Wildman–Crippen LogP) is 4.75. The lowest BCUT2D eigenvalue weighted by Gasteiger charge is -2.32. The molecule has 1 aromatic rings. The van der Waals surface area contributed by atoms with Crippen molar-refractivity contribution in [2.24, 2.45) is 0 Å². The quantitative estimate of drug-likeness (QED) is 0.828. The summed E-state index contributed by atoms with van der Waals surface area (Å²) in [7, 11) is 0. The molecule has 0 spiro atoms. The average Bonchev–Trinajstić information content (AvgIpc) is 2.45. The highest BCUT2D eigenvalue weighted by Crippen LogP contribution is 2.33. The summed E-state index contributed by atoms with van der Waals surface area (Å²) >= 11 is 3.21. The first-order valence-corrected chi connectivity index (χ1v) is 8.02. The molecule has 1 aromatic carbocycles. The maximum Gasteiger partial charge on any atom is 0.416 e. The third kappa shape index (κ3) is 4.61. The number of hydrogen-bond donors (Lipinski definition) is 1. The molecule has 0 aliphatic carbocycles. The average molecular weight is 365 g/mol. The van der Waals surface area contributed by atoms with Gasteiger partial charge >= 0.3 is 6.18 Å². The minimum absolute atomic E-state index is 0.375. The number of alkyl halides is 3. The zero-order chi connectivity index (χ0) is 15.5. The fourth-order valence-electron chi connectivity index (χ4n) is 2.58. The third-order valence-electron chi connectivity index (χ3n) is 3.90. The van der Waals surface area contributed by atoms with E-state index >= 15 is 0 Å². The van der Waals surface area contributed by atoms with Crippen LogP contribution in [0.2, 0.25) is 0 Å². The molecule has 6 heteroatoms. The number of anilines is 1. The van der Waals surface area contributed by atoms with Crippen LogP contribution in [-0.4, -0.2) is 30.6 Å². The van der Waals surface area contributed by atoms with Gasteiger partial charge < -0.3 is 5.32 Å².